The SMILES string of the molecule is CC(C)(O)c1ncc(-c2ccc3nc4n(c3c2)[C@@H](c2c(Cl)cccc2OC(F)F)CC4O)cn1. The fraction of sp³-hybridized carbons (Fsp3) is 0.292. The third-order valence-electron chi connectivity index (χ3n) is 5.87. The molecule has 34 heavy (non-hydrogen) atoms. The first-order valence-electron chi connectivity index (χ1n) is 10.6. The first-order valence-corrected chi connectivity index (χ1v) is 11.0. The van der Waals surface area contributed by atoms with Gasteiger partial charge in [0.15, 0.2) is 5.82 Å². The molecule has 3 heterocycles. The van der Waals surface area contributed by atoms with E-state index >= 15 is 0 Å². The molecule has 10 heteroatoms. The number of benzene rings is 2. The van der Waals surface area contributed by atoms with Crippen molar-refractivity contribution in [3.8, 4) is 16.9 Å². The second-order valence-electron chi connectivity index (χ2n) is 8.70. The van der Waals surface area contributed by atoms with Crippen molar-refractivity contribution in [1.29, 1.82) is 0 Å². The van der Waals surface area contributed by atoms with E-state index in [9.17, 15) is 19.0 Å². The molecule has 1 aliphatic rings. The maximum Gasteiger partial charge on any atom is 0.387 e. The van der Waals surface area contributed by atoms with Gasteiger partial charge in [0.05, 0.1) is 17.1 Å². The number of halogens is 3. The number of aliphatic hydroxyl groups is 2. The summed E-state index contributed by atoms with van der Waals surface area (Å²) in [6, 6.07) is 9.57. The summed E-state index contributed by atoms with van der Waals surface area (Å²) in [7, 11) is 0. The van der Waals surface area contributed by atoms with Gasteiger partial charge < -0.3 is 19.5 Å². The predicted molar refractivity (Wildman–Crippen MR) is 122 cm³/mol. The van der Waals surface area contributed by atoms with Crippen LogP contribution < -0.4 is 4.74 Å². The Hall–Kier alpha value is -3.14. The number of imidazole rings is 1. The van der Waals surface area contributed by atoms with Crippen LogP contribution in [-0.2, 0) is 5.60 Å². The van der Waals surface area contributed by atoms with Crippen LogP contribution in [0.2, 0.25) is 5.02 Å². The molecule has 7 nitrogen and oxygen atoms in total. The number of aliphatic hydroxyl groups excluding tert-OH is 1. The van der Waals surface area contributed by atoms with Crippen molar-refractivity contribution < 1.29 is 23.7 Å². The van der Waals surface area contributed by atoms with Crippen LogP contribution in [0.5, 0.6) is 5.75 Å². The summed E-state index contributed by atoms with van der Waals surface area (Å²) in [5, 5.41) is 21.1. The minimum Gasteiger partial charge on any atom is -0.434 e. The fourth-order valence-corrected chi connectivity index (χ4v) is 4.65. The van der Waals surface area contributed by atoms with Crippen molar-refractivity contribution in [2.45, 2.75) is 44.6 Å². The van der Waals surface area contributed by atoms with Crippen LogP contribution in [0, 0.1) is 0 Å². The molecule has 0 saturated heterocycles. The maximum atomic E-state index is 13.1. The third-order valence-corrected chi connectivity index (χ3v) is 6.20. The first-order chi connectivity index (χ1) is 16.1. The number of alkyl halides is 2. The van der Waals surface area contributed by atoms with Gasteiger partial charge in [0, 0.05) is 35.0 Å². The van der Waals surface area contributed by atoms with Crippen LogP contribution in [0.15, 0.2) is 48.8 Å². The standard InChI is InChI=1S/C24H21ClF2N4O3/c1-24(2,33)22-28-10-13(11-29-22)12-6-7-15-16(8-12)31-17(9-18(32)21(31)30-15)20-14(25)4-3-5-19(20)34-23(26)27/h3-8,10-11,17-18,23,32-33H,9H2,1-2H3/t17-,18?/m1/s1. The highest BCUT2D eigenvalue weighted by atomic mass is 35.5. The first kappa shape index (κ1) is 22.6. The molecule has 0 amide bonds. The van der Waals surface area contributed by atoms with Crippen LogP contribution in [0.25, 0.3) is 22.2 Å². The Morgan fingerprint density at radius 3 is 2.56 bits per heavy atom. The van der Waals surface area contributed by atoms with Gasteiger partial charge in [-0.25, -0.2) is 15.0 Å². The zero-order valence-electron chi connectivity index (χ0n) is 18.3. The average Bonchev–Trinajstić information content (AvgIpc) is 3.30. The third kappa shape index (κ3) is 3.89. The molecular weight excluding hydrogens is 466 g/mol. The van der Waals surface area contributed by atoms with Crippen LogP contribution in [0.3, 0.4) is 0 Å². The highest BCUT2D eigenvalue weighted by Gasteiger charge is 2.37. The Bertz CT molecular complexity index is 1370. The van der Waals surface area contributed by atoms with Crippen molar-refractivity contribution in [2.24, 2.45) is 0 Å². The zero-order chi connectivity index (χ0) is 24.2. The summed E-state index contributed by atoms with van der Waals surface area (Å²) in [6.07, 6.45) is 2.57. The molecule has 2 aromatic heterocycles. The van der Waals surface area contributed by atoms with E-state index in [1.54, 1.807) is 32.3 Å². The van der Waals surface area contributed by atoms with E-state index in [4.69, 9.17) is 16.3 Å². The highest BCUT2D eigenvalue weighted by Crippen LogP contribution is 2.46. The molecule has 0 radical (unpaired) electrons. The van der Waals surface area contributed by atoms with Gasteiger partial charge in [0.25, 0.3) is 0 Å². The monoisotopic (exact) mass is 486 g/mol. The van der Waals surface area contributed by atoms with Gasteiger partial charge >= 0.3 is 6.61 Å². The Labute approximate surface area is 198 Å². The minimum atomic E-state index is -3.01. The Balaban J connectivity index is 1.63. The van der Waals surface area contributed by atoms with Gasteiger partial charge in [-0.15, -0.1) is 0 Å². The van der Waals surface area contributed by atoms with E-state index in [1.807, 2.05) is 22.8 Å². The van der Waals surface area contributed by atoms with Crippen molar-refractivity contribution in [2.75, 3.05) is 0 Å². The second-order valence-corrected chi connectivity index (χ2v) is 9.10. The Morgan fingerprint density at radius 1 is 1.15 bits per heavy atom. The van der Waals surface area contributed by atoms with Gasteiger partial charge in [-0.3, -0.25) is 0 Å². The molecule has 0 aliphatic carbocycles. The lowest BCUT2D eigenvalue weighted by Crippen LogP contribution is -2.19. The predicted octanol–water partition coefficient (Wildman–Crippen LogP) is 5.00. The Morgan fingerprint density at radius 2 is 1.88 bits per heavy atom. The lowest BCUT2D eigenvalue weighted by molar-refractivity contribution is -0.0507. The van der Waals surface area contributed by atoms with E-state index in [1.165, 1.54) is 12.1 Å². The van der Waals surface area contributed by atoms with Crippen molar-refractivity contribution in [3.05, 3.63) is 71.0 Å². The summed E-state index contributed by atoms with van der Waals surface area (Å²) in [5.41, 5.74) is 2.06. The molecule has 176 valence electrons. The van der Waals surface area contributed by atoms with E-state index in [-0.39, 0.29) is 17.2 Å². The number of hydrogen-bond donors (Lipinski definition) is 2. The lowest BCUT2D eigenvalue weighted by Gasteiger charge is -2.20. The number of nitrogens with zero attached hydrogens (tertiary/aromatic N) is 4. The van der Waals surface area contributed by atoms with Crippen LogP contribution in [0.1, 0.15) is 49.6 Å². The van der Waals surface area contributed by atoms with Crippen molar-refractivity contribution in [1.82, 2.24) is 19.5 Å². The summed E-state index contributed by atoms with van der Waals surface area (Å²) in [4.78, 5) is 13.1. The van der Waals surface area contributed by atoms with E-state index < -0.39 is 24.4 Å². The smallest absolute Gasteiger partial charge is 0.387 e. The molecule has 0 bridgehead atoms. The molecule has 4 aromatic rings. The largest absolute Gasteiger partial charge is 0.434 e. The molecule has 0 saturated carbocycles. The Kier molecular flexibility index (Phi) is 5.50. The van der Waals surface area contributed by atoms with E-state index in [0.717, 1.165) is 11.1 Å². The van der Waals surface area contributed by atoms with Crippen LogP contribution in [0.4, 0.5) is 8.78 Å². The molecule has 2 aromatic carbocycles. The maximum absolute atomic E-state index is 13.1. The molecule has 0 spiro atoms. The summed E-state index contributed by atoms with van der Waals surface area (Å²) >= 11 is 6.43. The molecule has 1 aliphatic heterocycles. The quantitative estimate of drug-likeness (QED) is 0.412. The summed E-state index contributed by atoms with van der Waals surface area (Å²) in [5.74, 6) is 0.686. The van der Waals surface area contributed by atoms with Crippen molar-refractivity contribution >= 4 is 22.6 Å². The van der Waals surface area contributed by atoms with Gasteiger partial charge in [-0.2, -0.15) is 8.78 Å². The molecule has 2 atom stereocenters. The molecule has 5 rings (SSSR count). The number of aromatic nitrogens is 4. The van der Waals surface area contributed by atoms with Crippen molar-refractivity contribution in [3.63, 3.8) is 0 Å². The van der Waals surface area contributed by atoms with E-state index in [2.05, 4.69) is 15.0 Å². The van der Waals surface area contributed by atoms with Gasteiger partial charge in [0.2, 0.25) is 0 Å². The number of hydrogen-bond acceptors (Lipinski definition) is 6. The number of ether oxygens (including phenoxy) is 1. The normalized spacial score (nSPS) is 18.0. The van der Waals surface area contributed by atoms with Gasteiger partial charge in [-0.1, -0.05) is 23.7 Å². The highest BCUT2D eigenvalue weighted by molar-refractivity contribution is 6.31. The van der Waals surface area contributed by atoms with Gasteiger partial charge in [0.1, 0.15) is 23.3 Å². The summed E-state index contributed by atoms with van der Waals surface area (Å²) < 4.78 is 32.7. The van der Waals surface area contributed by atoms with Crippen LogP contribution >= 0.6 is 11.6 Å². The zero-order valence-corrected chi connectivity index (χ0v) is 19.0. The van der Waals surface area contributed by atoms with Crippen LogP contribution in [-0.4, -0.2) is 36.3 Å². The molecule has 0 fully saturated rings. The molecular formula is C24H21ClF2N4O3. The second kappa shape index (κ2) is 8.26. The van der Waals surface area contributed by atoms with E-state index in [0.29, 0.717) is 28.2 Å². The summed E-state index contributed by atoms with van der Waals surface area (Å²) in [6.45, 7) is 0.201. The molecule has 1 unspecified atom stereocenters. The van der Waals surface area contributed by atoms with Gasteiger partial charge in [-0.05, 0) is 43.7 Å². The topological polar surface area (TPSA) is 93.3 Å². The number of rotatable bonds is 5. The average molecular weight is 487 g/mol. The number of fused-ring (bicyclic) bond motifs is 3. The molecule has 2 N–H and O–H groups in total. The fourth-order valence-electron chi connectivity index (χ4n) is 4.36. The lowest BCUT2D eigenvalue weighted by atomic mass is 10.0. The minimum absolute atomic E-state index is 0.0406.